The zero-order valence-electron chi connectivity index (χ0n) is 82.0. The van der Waals surface area contributed by atoms with Crippen LogP contribution < -0.4 is 111 Å². The van der Waals surface area contributed by atoms with Crippen LogP contribution in [-0.4, -0.2) is 287 Å². The van der Waals surface area contributed by atoms with Gasteiger partial charge in [0.25, 0.3) is 38.9 Å². The molecule has 20 rings (SSSR count). The molecule has 0 bridgehead atoms. The van der Waals surface area contributed by atoms with Crippen molar-refractivity contribution in [2.45, 2.75) is 44.9 Å². The number of amidine groups is 1. The zero-order chi connectivity index (χ0) is 101. The van der Waals surface area contributed by atoms with E-state index in [1.54, 1.807) is 54.6 Å². The van der Waals surface area contributed by atoms with E-state index in [2.05, 4.69) is 101 Å². The second kappa shape index (κ2) is 47.8. The van der Waals surface area contributed by atoms with Crippen molar-refractivity contribution in [2.75, 3.05) is 217 Å². The highest BCUT2D eigenvalue weighted by molar-refractivity contribution is 6.02. The quantitative estimate of drug-likeness (QED) is 0.0434. The molecule has 0 atom stereocenters. The Morgan fingerprint density at radius 3 is 0.951 bits per heavy atom. The standard InChI is InChI=1S/C16H22N4O3.C16H22N4O2.C15H20N4O3.C15H20N4O2.C13H14N4O2.C13H18N4O2.C11H11N3O2/c1-19-15(21)13-4-3-12(11-14(13)18-16(19)22)17-5-2-6-20-7-9-23-10-8-20;1-19-15(21)13-6-5-12(11-14(13)18-16(19)22)17-7-10-20-8-3-2-4-9-20;1-18-14(20)12-3-2-11(10-13(12)17-15(18)21)16-4-5-19-6-8-22-9-7-19;1-18-14(20)12-5-4-11(10-13(12)17-15(18)21)16-6-9-19-7-2-3-8-19;1-16-6-5-14-11(16)8-3-4-9-10(7-8)15-13(19)17(2)12(9)18;1-16(2)7-6-14-9-4-5-10-11(8-9)15-13(19)17(3)12(10)18;1-14-10(15)7-4-6-2-3-12-8(6)5-9(7)13-11(14)16/h3-4,11,17H,2,5-10H2,1H3,(H,18,22);5-6,11,17H,2-4,7-10H2,1H3,(H,18,22);2-3,10,16H,4-9H2,1H3,(H,17,21);4-5,10,16H,2-3,6-9H2,1H3,(H,17,21);3-4,7H,5-6H2,1-2H3,(H,15,19);4-5,8,14H,6-7H2,1-3H3,(H,15,19);4-5,12H,2-3H2,1H3,(H,13,16). The van der Waals surface area contributed by atoms with Crippen LogP contribution in [0.1, 0.15) is 49.7 Å². The van der Waals surface area contributed by atoms with Gasteiger partial charge in [-0.15, -0.1) is 0 Å². The number of hydrogen-bond donors (Lipinski definition) is 13. The first-order valence-electron chi connectivity index (χ1n) is 47.9. The van der Waals surface area contributed by atoms with Gasteiger partial charge in [-0.2, -0.15) is 0 Å². The predicted molar refractivity (Wildman–Crippen MR) is 561 cm³/mol. The Kier molecular flexibility index (Phi) is 34.7. The van der Waals surface area contributed by atoms with Gasteiger partial charge in [0, 0.05) is 194 Å². The topological polar surface area (TPSA) is 506 Å². The number of rotatable bonds is 22. The van der Waals surface area contributed by atoms with Crippen molar-refractivity contribution in [3.05, 3.63) is 278 Å². The zero-order valence-corrected chi connectivity index (χ0v) is 82.0. The summed E-state index contributed by atoms with van der Waals surface area (Å²) in [4.78, 5) is 202. The molecule has 142 heavy (non-hydrogen) atoms. The van der Waals surface area contributed by atoms with E-state index >= 15 is 0 Å². The number of likely N-dealkylation sites (N-methyl/N-ethyl adjacent to an activating group) is 2. The van der Waals surface area contributed by atoms with Crippen LogP contribution >= 0.6 is 0 Å². The van der Waals surface area contributed by atoms with Crippen molar-refractivity contribution >= 4 is 116 Å². The largest absolute Gasteiger partial charge is 0.385 e. The number of morpholine rings is 2. The SMILES string of the molecule is CN(C)CCNc1ccc2c(=O)n(C)c(=O)[nH]c2c1.CN1CCN=C1c1ccc2c(=O)n(C)c(=O)[nH]c2c1.Cn1c(=O)[nH]c2cc(NCCCN3CCOCC3)ccc2c1=O.Cn1c(=O)[nH]c2cc(NCCN3CCCC3)ccc2c1=O.Cn1c(=O)[nH]c2cc(NCCN3CCCCC3)ccc2c1=O.Cn1c(=O)[nH]c2cc(NCCN3CCOCC3)ccc2c1=O.Cn1c(=O)[nH]c2cc3c(cc2c1=O)CCN3. The lowest BCUT2D eigenvalue weighted by molar-refractivity contribution is 0.0378. The van der Waals surface area contributed by atoms with Crippen molar-refractivity contribution in [1.82, 2.24) is 96.3 Å². The number of aromatic amines is 7. The summed E-state index contributed by atoms with van der Waals surface area (Å²) in [6.07, 6.45) is 8.47. The monoisotopic (exact) mass is 1950 g/mol. The molecular formula is C99H127N27O16. The molecule has 0 saturated carbocycles. The summed E-state index contributed by atoms with van der Waals surface area (Å²) in [7, 11) is 16.3. The van der Waals surface area contributed by atoms with Crippen LogP contribution in [0.15, 0.2) is 193 Å². The van der Waals surface area contributed by atoms with Gasteiger partial charge in [0.2, 0.25) is 0 Å². The number of H-pyrrole nitrogens is 7. The van der Waals surface area contributed by atoms with E-state index in [1.807, 2.05) is 87.9 Å². The van der Waals surface area contributed by atoms with E-state index < -0.39 is 22.8 Å². The molecule has 7 aromatic carbocycles. The van der Waals surface area contributed by atoms with Crippen LogP contribution in [0.25, 0.3) is 76.3 Å². The van der Waals surface area contributed by atoms with Gasteiger partial charge in [0.1, 0.15) is 5.84 Å². The van der Waals surface area contributed by atoms with Crippen molar-refractivity contribution in [1.29, 1.82) is 0 Å². The summed E-state index contributed by atoms with van der Waals surface area (Å²) in [6.45, 7) is 23.5. The number of aliphatic imine (C=N–C) groups is 1. The number of nitrogens with zero attached hydrogens (tertiary/aromatic N) is 14. The minimum absolute atomic E-state index is 0.242. The smallest absolute Gasteiger partial charge is 0.328 e. The average molecular weight is 1950 g/mol. The van der Waals surface area contributed by atoms with Crippen LogP contribution in [-0.2, 0) is 65.2 Å². The van der Waals surface area contributed by atoms with Crippen LogP contribution in [0, 0.1) is 0 Å². The van der Waals surface area contributed by atoms with Gasteiger partial charge in [-0.3, -0.25) is 80.3 Å². The number of fused-ring (bicyclic) bond motifs is 8. The van der Waals surface area contributed by atoms with Gasteiger partial charge in [-0.25, -0.2) is 33.6 Å². The molecule has 14 aromatic rings. The Morgan fingerprint density at radius 2 is 0.613 bits per heavy atom. The van der Waals surface area contributed by atoms with Gasteiger partial charge in [0.05, 0.1) is 109 Å². The predicted octanol–water partition coefficient (Wildman–Crippen LogP) is 2.50. The summed E-state index contributed by atoms with van der Waals surface area (Å²) < 4.78 is 18.2. The van der Waals surface area contributed by atoms with E-state index in [9.17, 15) is 67.1 Å². The van der Waals surface area contributed by atoms with Crippen LogP contribution in [0.3, 0.4) is 0 Å². The molecule has 0 spiro atoms. The molecular weight excluding hydrogens is 1820 g/mol. The van der Waals surface area contributed by atoms with Crippen LogP contribution in [0.4, 0.5) is 34.1 Å². The fourth-order valence-corrected chi connectivity index (χ4v) is 17.3. The molecule has 6 aliphatic heterocycles. The number of ether oxygens (including phenoxy) is 2. The lowest BCUT2D eigenvalue weighted by atomic mass is 10.1. The fourth-order valence-electron chi connectivity index (χ4n) is 17.3. The van der Waals surface area contributed by atoms with E-state index in [-0.39, 0.29) is 56.0 Å². The Hall–Kier alpha value is -14.9. The van der Waals surface area contributed by atoms with Gasteiger partial charge >= 0.3 is 39.8 Å². The normalized spacial score (nSPS) is 14.9. The van der Waals surface area contributed by atoms with E-state index in [1.165, 1.54) is 108 Å². The minimum atomic E-state index is -0.406. The summed E-state index contributed by atoms with van der Waals surface area (Å²) >= 11 is 0. The molecule has 0 amide bonds. The molecule has 6 aliphatic rings. The fraction of sp³-hybridized carbons (Fsp3) is 0.424. The molecule has 13 heterocycles. The second-order valence-electron chi connectivity index (χ2n) is 36.1. The molecule has 7 aromatic heterocycles. The maximum atomic E-state index is 12.0. The molecule has 0 unspecified atom stereocenters. The Bertz CT molecular complexity index is 7730. The summed E-state index contributed by atoms with van der Waals surface area (Å²) in [5.74, 6) is 0.892. The van der Waals surface area contributed by atoms with E-state index in [4.69, 9.17) is 9.47 Å². The third-order valence-corrected chi connectivity index (χ3v) is 26.0. The molecule has 13 N–H and O–H groups in total. The minimum Gasteiger partial charge on any atom is -0.385 e. The molecule has 0 aliphatic carbocycles. The maximum absolute atomic E-state index is 12.0. The number of hydrogen-bond acceptors (Lipinski definition) is 29. The van der Waals surface area contributed by atoms with Crippen molar-refractivity contribution in [2.24, 2.45) is 54.3 Å². The summed E-state index contributed by atoms with van der Waals surface area (Å²) in [5, 5.41) is 23.5. The third-order valence-electron chi connectivity index (χ3n) is 26.0. The van der Waals surface area contributed by atoms with Crippen molar-refractivity contribution in [3.8, 4) is 0 Å². The highest BCUT2D eigenvalue weighted by Crippen LogP contribution is 2.26. The van der Waals surface area contributed by atoms with Gasteiger partial charge in [-0.05, 0) is 206 Å². The Balaban J connectivity index is 0.000000132. The third kappa shape index (κ3) is 25.8. The molecule has 43 heteroatoms. The van der Waals surface area contributed by atoms with E-state index in [0.717, 1.165) is 234 Å². The summed E-state index contributed by atoms with van der Waals surface area (Å²) in [6, 6.07) is 36.2. The number of piperidine rings is 1. The molecule has 754 valence electrons. The number of benzene rings is 7. The van der Waals surface area contributed by atoms with Gasteiger partial charge < -0.3 is 95.9 Å². The first kappa shape index (κ1) is 103. The Labute approximate surface area is 812 Å². The number of aromatic nitrogens is 14. The first-order valence-corrected chi connectivity index (χ1v) is 47.9. The highest BCUT2D eigenvalue weighted by Gasteiger charge is 2.21. The number of nitrogens with one attached hydrogen (secondary N) is 13. The number of anilines is 6. The highest BCUT2D eigenvalue weighted by atomic mass is 16.5. The lowest BCUT2D eigenvalue weighted by Crippen LogP contribution is -2.39. The molecule has 4 fully saturated rings. The first-order chi connectivity index (χ1) is 68.3. The maximum Gasteiger partial charge on any atom is 0.328 e. The second-order valence-corrected chi connectivity index (χ2v) is 36.1. The van der Waals surface area contributed by atoms with Gasteiger partial charge in [0.15, 0.2) is 0 Å². The molecule has 43 nitrogen and oxygen atoms in total. The molecule has 0 radical (unpaired) electrons. The van der Waals surface area contributed by atoms with Crippen molar-refractivity contribution < 1.29 is 9.47 Å². The summed E-state index contributed by atoms with van der Waals surface area (Å²) in [5.41, 5.74) is 6.93. The van der Waals surface area contributed by atoms with Gasteiger partial charge in [-0.1, -0.05) is 12.5 Å². The lowest BCUT2D eigenvalue weighted by Gasteiger charge is -2.26. The van der Waals surface area contributed by atoms with E-state index in [0.29, 0.717) is 76.3 Å². The van der Waals surface area contributed by atoms with Crippen molar-refractivity contribution in [3.63, 3.8) is 0 Å². The molecule has 4 saturated heterocycles. The average Bonchev–Trinajstić information content (AvgIpc) is 1.59. The van der Waals surface area contributed by atoms with Crippen LogP contribution in [0.2, 0.25) is 0 Å². The Morgan fingerprint density at radius 1 is 0.317 bits per heavy atom. The van der Waals surface area contributed by atoms with Crippen LogP contribution in [0.5, 0.6) is 0 Å². The number of likely N-dealkylation sites (tertiary alicyclic amines) is 2.